The van der Waals surface area contributed by atoms with Crippen molar-refractivity contribution >= 4 is 24.1 Å². The second kappa shape index (κ2) is 12.0. The van der Waals surface area contributed by atoms with Crippen LogP contribution >= 0.6 is 24.1 Å². The lowest BCUT2D eigenvalue weighted by Gasteiger charge is -1.90. The maximum atomic E-state index is 11.6. The van der Waals surface area contributed by atoms with Crippen molar-refractivity contribution in [2.75, 3.05) is 13.3 Å². The van der Waals surface area contributed by atoms with Crippen LogP contribution in [-0.2, 0) is 3.63 Å². The molecule has 0 aromatic rings. The van der Waals surface area contributed by atoms with Crippen molar-refractivity contribution in [1.82, 2.24) is 0 Å². The van der Waals surface area contributed by atoms with Crippen LogP contribution in [0, 0.1) is 0 Å². The van der Waals surface area contributed by atoms with E-state index in [9.17, 15) is 8.78 Å². The summed E-state index contributed by atoms with van der Waals surface area (Å²) < 4.78 is 28.1. The Morgan fingerprint density at radius 1 is 0.923 bits per heavy atom. The number of rotatable bonds is 8. The zero-order valence-corrected chi connectivity index (χ0v) is 8.75. The summed E-state index contributed by atoms with van der Waals surface area (Å²) in [5.41, 5.74) is 0. The highest BCUT2D eigenvalue weighted by Crippen LogP contribution is 2.17. The molecule has 0 aromatic carbocycles. The lowest BCUT2D eigenvalue weighted by atomic mass is 10.5. The van der Waals surface area contributed by atoms with E-state index in [0.717, 1.165) is 24.1 Å². The highest BCUT2D eigenvalue weighted by molar-refractivity contribution is 8.10. The average molecular weight is 226 g/mol. The van der Waals surface area contributed by atoms with Crippen molar-refractivity contribution in [3.05, 3.63) is 23.0 Å². The molecule has 0 saturated carbocycles. The molecule has 1 nitrogen and oxygen atoms in total. The molecule has 0 atom stereocenters. The van der Waals surface area contributed by atoms with E-state index >= 15 is 0 Å². The Morgan fingerprint density at radius 2 is 1.38 bits per heavy atom. The summed E-state index contributed by atoms with van der Waals surface area (Å²) in [6.45, 7) is -0.693. The van der Waals surface area contributed by atoms with E-state index in [1.165, 1.54) is 0 Å². The molecule has 76 valence electrons. The van der Waals surface area contributed by atoms with Crippen molar-refractivity contribution in [2.45, 2.75) is 12.8 Å². The van der Waals surface area contributed by atoms with Crippen LogP contribution in [0.4, 0.5) is 8.78 Å². The number of allylic oxidation sites excluding steroid dienone is 2. The van der Waals surface area contributed by atoms with E-state index in [4.69, 9.17) is 3.63 Å². The summed E-state index contributed by atoms with van der Waals surface area (Å²) in [6, 6.07) is 0. The molecule has 0 aliphatic heterocycles. The SMILES string of the molecule is FCCC=CSOSC=CCCF. The van der Waals surface area contributed by atoms with Gasteiger partial charge in [-0.3, -0.25) is 8.78 Å². The molecule has 0 aliphatic carbocycles. The first-order valence-electron chi connectivity index (χ1n) is 3.82. The zero-order chi connectivity index (χ0) is 9.78. The molecule has 0 spiro atoms. The number of hydrogen-bond acceptors (Lipinski definition) is 3. The molecule has 0 saturated heterocycles. The summed E-state index contributed by atoms with van der Waals surface area (Å²) in [5, 5.41) is 3.35. The summed E-state index contributed by atoms with van der Waals surface area (Å²) in [4.78, 5) is 0. The zero-order valence-electron chi connectivity index (χ0n) is 7.12. The fourth-order valence-electron chi connectivity index (χ4n) is 0.409. The summed E-state index contributed by atoms with van der Waals surface area (Å²) in [5.74, 6) is 0. The second-order valence-corrected chi connectivity index (χ2v) is 3.43. The normalized spacial score (nSPS) is 11.8. The van der Waals surface area contributed by atoms with Crippen LogP contribution in [0.2, 0.25) is 0 Å². The fourth-order valence-corrected chi connectivity index (χ4v) is 1.38. The molecule has 0 heterocycles. The summed E-state index contributed by atoms with van der Waals surface area (Å²) in [6.07, 6.45) is 4.21. The Balaban J connectivity index is 3.07. The van der Waals surface area contributed by atoms with Crippen molar-refractivity contribution < 1.29 is 12.4 Å². The van der Waals surface area contributed by atoms with E-state index in [0.29, 0.717) is 12.8 Å². The van der Waals surface area contributed by atoms with Gasteiger partial charge in [0.15, 0.2) is 0 Å². The van der Waals surface area contributed by atoms with Crippen LogP contribution in [0.15, 0.2) is 23.0 Å². The van der Waals surface area contributed by atoms with Crippen LogP contribution in [0.25, 0.3) is 0 Å². The van der Waals surface area contributed by atoms with Crippen LogP contribution in [-0.4, -0.2) is 13.3 Å². The molecular formula is C8H12F2OS2. The van der Waals surface area contributed by atoms with Crippen LogP contribution in [0.1, 0.15) is 12.8 Å². The lowest BCUT2D eigenvalue weighted by Crippen LogP contribution is -1.67. The van der Waals surface area contributed by atoms with Gasteiger partial charge in [0.2, 0.25) is 0 Å². The van der Waals surface area contributed by atoms with Gasteiger partial charge in [0.05, 0.1) is 13.3 Å². The van der Waals surface area contributed by atoms with Crippen LogP contribution < -0.4 is 0 Å². The van der Waals surface area contributed by atoms with E-state index < -0.39 is 0 Å². The predicted octanol–water partition coefficient (Wildman–Crippen LogP) is 4.05. The Hall–Kier alpha value is -0.0000000000000000555. The van der Waals surface area contributed by atoms with Gasteiger partial charge >= 0.3 is 0 Å². The number of halogens is 2. The monoisotopic (exact) mass is 226 g/mol. The van der Waals surface area contributed by atoms with Gasteiger partial charge in [-0.15, -0.1) is 0 Å². The van der Waals surface area contributed by atoms with Gasteiger partial charge < -0.3 is 0 Å². The van der Waals surface area contributed by atoms with Gasteiger partial charge in [-0.25, -0.2) is 3.63 Å². The van der Waals surface area contributed by atoms with E-state index in [-0.39, 0.29) is 13.3 Å². The number of alkyl halides is 2. The van der Waals surface area contributed by atoms with Gasteiger partial charge in [-0.1, -0.05) is 12.2 Å². The minimum absolute atomic E-state index is 0.347. The Morgan fingerprint density at radius 3 is 1.77 bits per heavy atom. The average Bonchev–Trinajstić information content (AvgIpc) is 2.16. The molecular weight excluding hydrogens is 214 g/mol. The van der Waals surface area contributed by atoms with Crippen molar-refractivity contribution in [3.63, 3.8) is 0 Å². The Kier molecular flexibility index (Phi) is 12.0. The van der Waals surface area contributed by atoms with Crippen LogP contribution in [0.5, 0.6) is 0 Å². The smallest absolute Gasteiger partial charge is 0.0929 e. The Bertz CT molecular complexity index is 135. The molecule has 0 N–H and O–H groups in total. The fraction of sp³-hybridized carbons (Fsp3) is 0.500. The molecule has 0 bridgehead atoms. The van der Waals surface area contributed by atoms with Gasteiger partial charge in [0.1, 0.15) is 0 Å². The maximum Gasteiger partial charge on any atom is 0.0929 e. The van der Waals surface area contributed by atoms with E-state index in [2.05, 4.69) is 0 Å². The van der Waals surface area contributed by atoms with E-state index in [1.807, 2.05) is 0 Å². The highest BCUT2D eigenvalue weighted by atomic mass is 32.2. The molecule has 0 aliphatic rings. The predicted molar refractivity (Wildman–Crippen MR) is 55.7 cm³/mol. The minimum atomic E-state index is -0.347. The third-order valence-corrected chi connectivity index (χ3v) is 2.17. The topological polar surface area (TPSA) is 9.23 Å². The second-order valence-electron chi connectivity index (χ2n) is 1.96. The summed E-state index contributed by atoms with van der Waals surface area (Å²) in [7, 11) is 0. The molecule has 13 heavy (non-hydrogen) atoms. The maximum absolute atomic E-state index is 11.6. The molecule has 0 unspecified atom stereocenters. The first-order chi connectivity index (χ1) is 6.41. The van der Waals surface area contributed by atoms with Gasteiger partial charge in [0, 0.05) is 24.1 Å². The lowest BCUT2D eigenvalue weighted by molar-refractivity contribution is 0.501. The third-order valence-electron chi connectivity index (χ3n) is 0.934. The molecule has 0 fully saturated rings. The number of hydrogen-bond donors (Lipinski definition) is 0. The third kappa shape index (κ3) is 12.0. The van der Waals surface area contributed by atoms with Crippen LogP contribution in [0.3, 0.4) is 0 Å². The van der Waals surface area contributed by atoms with Gasteiger partial charge in [-0.05, 0) is 23.7 Å². The van der Waals surface area contributed by atoms with E-state index in [1.54, 1.807) is 23.0 Å². The highest BCUT2D eigenvalue weighted by Gasteiger charge is 1.82. The van der Waals surface area contributed by atoms with Crippen molar-refractivity contribution in [3.8, 4) is 0 Å². The standard InChI is InChI=1S/C8H12F2OS2/c9-5-1-3-7-12-11-13-8-4-2-6-10/h3-4,7-8H,1-2,5-6H2. The first kappa shape index (κ1) is 13.0. The minimum Gasteiger partial charge on any atom is -0.251 e. The molecule has 0 rings (SSSR count). The molecule has 0 amide bonds. The first-order valence-corrected chi connectivity index (χ1v) is 5.43. The quantitative estimate of drug-likeness (QED) is 0.456. The van der Waals surface area contributed by atoms with Gasteiger partial charge in [-0.2, -0.15) is 0 Å². The van der Waals surface area contributed by atoms with Crippen molar-refractivity contribution in [2.24, 2.45) is 0 Å². The largest absolute Gasteiger partial charge is 0.251 e. The van der Waals surface area contributed by atoms with Gasteiger partial charge in [0.25, 0.3) is 0 Å². The molecule has 5 heteroatoms. The molecule has 0 aromatic heterocycles. The van der Waals surface area contributed by atoms with Crippen molar-refractivity contribution in [1.29, 1.82) is 0 Å². The summed E-state index contributed by atoms with van der Waals surface area (Å²) >= 11 is 2.24. The Labute approximate surface area is 86.0 Å². The molecule has 0 radical (unpaired) electrons.